The lowest BCUT2D eigenvalue weighted by molar-refractivity contribution is -0.146. The van der Waals surface area contributed by atoms with E-state index in [-0.39, 0.29) is 18.7 Å². The molecule has 0 saturated carbocycles. The molecule has 4 rings (SSSR count). The first kappa shape index (κ1) is 22.7. The van der Waals surface area contributed by atoms with Crippen molar-refractivity contribution in [2.24, 2.45) is 5.92 Å². The van der Waals surface area contributed by atoms with Gasteiger partial charge in [0.2, 0.25) is 5.82 Å². The summed E-state index contributed by atoms with van der Waals surface area (Å²) in [6.07, 6.45) is -4.21. The van der Waals surface area contributed by atoms with Crippen LogP contribution in [0.5, 0.6) is 0 Å². The molecule has 2 atom stereocenters. The zero-order valence-corrected chi connectivity index (χ0v) is 17.3. The van der Waals surface area contributed by atoms with Crippen molar-refractivity contribution < 1.29 is 32.7 Å². The van der Waals surface area contributed by atoms with Crippen LogP contribution in [0.1, 0.15) is 28.2 Å². The summed E-state index contributed by atoms with van der Waals surface area (Å²) in [6, 6.07) is 12.0. The lowest BCUT2D eigenvalue weighted by Gasteiger charge is -2.30. The number of hydrogen-bond acceptors (Lipinski definition) is 5. The maximum atomic E-state index is 13.5. The molecule has 1 aliphatic rings. The molecule has 0 aliphatic carbocycles. The monoisotopic (exact) mass is 462 g/mol. The molecule has 3 N–H and O–H groups in total. The maximum Gasteiger partial charge on any atom is 0.449 e. The Morgan fingerprint density at radius 1 is 1.15 bits per heavy atom. The summed E-state index contributed by atoms with van der Waals surface area (Å²) in [5, 5.41) is 11.6. The summed E-state index contributed by atoms with van der Waals surface area (Å²) in [5.41, 5.74) is 3.04. The number of para-hydroxylation sites is 2. The van der Waals surface area contributed by atoms with Crippen LogP contribution in [0.4, 0.5) is 13.2 Å². The third-order valence-electron chi connectivity index (χ3n) is 5.58. The summed E-state index contributed by atoms with van der Waals surface area (Å²) in [4.78, 5) is 28.2. The fourth-order valence-corrected chi connectivity index (χ4v) is 3.90. The Labute approximate surface area is 186 Å². The number of carbonyl (C=O) groups excluding carboxylic acids is 2. The number of rotatable bonds is 5. The Balaban J connectivity index is 1.51. The normalized spacial score (nSPS) is 18.8. The van der Waals surface area contributed by atoms with Gasteiger partial charge in [0, 0.05) is 24.8 Å². The molecule has 0 bridgehead atoms. The van der Waals surface area contributed by atoms with Gasteiger partial charge < -0.3 is 14.6 Å². The predicted molar refractivity (Wildman–Crippen MR) is 110 cm³/mol. The van der Waals surface area contributed by atoms with Crippen molar-refractivity contribution in [1.82, 2.24) is 20.3 Å². The first-order valence-corrected chi connectivity index (χ1v) is 10.2. The van der Waals surface area contributed by atoms with Gasteiger partial charge in [0.1, 0.15) is 0 Å². The van der Waals surface area contributed by atoms with E-state index in [0.29, 0.717) is 29.7 Å². The van der Waals surface area contributed by atoms with Gasteiger partial charge in [0.25, 0.3) is 11.8 Å². The van der Waals surface area contributed by atoms with Crippen molar-refractivity contribution in [3.05, 3.63) is 65.5 Å². The van der Waals surface area contributed by atoms with E-state index in [1.807, 2.05) is 0 Å². The largest absolute Gasteiger partial charge is 0.449 e. The van der Waals surface area contributed by atoms with Gasteiger partial charge in [-0.3, -0.25) is 14.8 Å². The maximum absolute atomic E-state index is 13.5. The van der Waals surface area contributed by atoms with E-state index in [2.05, 4.69) is 10.3 Å². The quantitative estimate of drug-likeness (QED) is 0.400. The average molecular weight is 462 g/mol. The van der Waals surface area contributed by atoms with Crippen LogP contribution in [0.3, 0.4) is 0 Å². The zero-order chi connectivity index (χ0) is 23.6. The number of ether oxygens (including phenoxy) is 1. The minimum atomic E-state index is -4.61. The molecular weight excluding hydrogens is 441 g/mol. The number of fused-ring (bicyclic) bond motifs is 1. The highest BCUT2D eigenvalue weighted by molar-refractivity contribution is 5.95. The van der Waals surface area contributed by atoms with E-state index < -0.39 is 35.8 Å². The first-order valence-electron chi connectivity index (χ1n) is 10.2. The fraction of sp³-hybridized carbons (Fsp3) is 0.318. The van der Waals surface area contributed by atoms with Gasteiger partial charge in [-0.2, -0.15) is 13.2 Å². The molecule has 0 radical (unpaired) electrons. The summed E-state index contributed by atoms with van der Waals surface area (Å²) < 4.78 is 46.9. The molecule has 0 spiro atoms. The minimum Gasteiger partial charge on any atom is -0.380 e. The van der Waals surface area contributed by atoms with Crippen LogP contribution in [0.15, 0.2) is 48.5 Å². The topological polar surface area (TPSA) is 105 Å². The Morgan fingerprint density at radius 2 is 1.88 bits per heavy atom. The molecule has 2 unspecified atom stereocenters. The van der Waals surface area contributed by atoms with Crippen LogP contribution in [-0.2, 0) is 22.3 Å². The molecule has 1 aromatic heterocycles. The molecule has 2 amide bonds. The average Bonchev–Trinajstić information content (AvgIpc) is 3.18. The highest BCUT2D eigenvalue weighted by atomic mass is 19.4. The van der Waals surface area contributed by atoms with Crippen molar-refractivity contribution >= 4 is 22.8 Å². The minimum absolute atomic E-state index is 0.0661. The first-order chi connectivity index (χ1) is 15.8. The molecule has 11 heteroatoms. The molecule has 1 fully saturated rings. The number of alkyl halides is 3. The van der Waals surface area contributed by atoms with Crippen LogP contribution in [0.25, 0.3) is 11.0 Å². The molecule has 1 saturated heterocycles. The van der Waals surface area contributed by atoms with E-state index in [1.54, 1.807) is 35.8 Å². The number of nitrogens with zero attached hydrogens (tertiary/aromatic N) is 2. The van der Waals surface area contributed by atoms with Crippen molar-refractivity contribution in [3.8, 4) is 0 Å². The molecule has 2 heterocycles. The van der Waals surface area contributed by atoms with Crippen molar-refractivity contribution in [2.75, 3.05) is 13.2 Å². The smallest absolute Gasteiger partial charge is 0.380 e. The molecular formula is C22H21F3N4O4. The number of aromatic nitrogens is 2. The fourth-order valence-electron chi connectivity index (χ4n) is 3.90. The Morgan fingerprint density at radius 3 is 2.58 bits per heavy atom. The highest BCUT2D eigenvalue weighted by Crippen LogP contribution is 2.32. The number of nitrogens with one attached hydrogen (secondary N) is 2. The Hall–Kier alpha value is -3.44. The summed E-state index contributed by atoms with van der Waals surface area (Å²) in [7, 11) is 0. The SMILES string of the molecule is O=C(NC1CCOCC1C(=O)NO)c1ccc(Cn2c(C(F)(F)F)nc3ccccc32)cc1. The lowest BCUT2D eigenvalue weighted by Crippen LogP contribution is -2.51. The molecule has 2 aromatic carbocycles. The van der Waals surface area contributed by atoms with Gasteiger partial charge in [-0.25, -0.2) is 10.5 Å². The molecule has 3 aromatic rings. The van der Waals surface area contributed by atoms with E-state index in [9.17, 15) is 22.8 Å². The van der Waals surface area contributed by atoms with Gasteiger partial charge in [-0.15, -0.1) is 0 Å². The third-order valence-corrected chi connectivity index (χ3v) is 5.58. The van der Waals surface area contributed by atoms with Gasteiger partial charge in [-0.1, -0.05) is 24.3 Å². The number of hydroxylamine groups is 1. The van der Waals surface area contributed by atoms with E-state index in [4.69, 9.17) is 9.94 Å². The molecule has 33 heavy (non-hydrogen) atoms. The van der Waals surface area contributed by atoms with Gasteiger partial charge in [-0.05, 0) is 36.2 Å². The van der Waals surface area contributed by atoms with E-state index >= 15 is 0 Å². The number of imidazole rings is 1. The summed E-state index contributed by atoms with van der Waals surface area (Å²) in [5.74, 6) is -2.81. The second kappa shape index (κ2) is 9.20. The van der Waals surface area contributed by atoms with Crippen molar-refractivity contribution in [3.63, 3.8) is 0 Å². The van der Waals surface area contributed by atoms with Crippen LogP contribution in [0.2, 0.25) is 0 Å². The van der Waals surface area contributed by atoms with Crippen molar-refractivity contribution in [2.45, 2.75) is 25.2 Å². The van der Waals surface area contributed by atoms with E-state index in [1.165, 1.54) is 18.2 Å². The molecule has 1 aliphatic heterocycles. The van der Waals surface area contributed by atoms with Crippen LogP contribution in [-0.4, -0.2) is 45.8 Å². The predicted octanol–water partition coefficient (Wildman–Crippen LogP) is 2.74. The summed E-state index contributed by atoms with van der Waals surface area (Å²) in [6.45, 7) is 0.353. The van der Waals surface area contributed by atoms with Gasteiger partial charge >= 0.3 is 6.18 Å². The number of benzene rings is 2. The van der Waals surface area contributed by atoms with Gasteiger partial charge in [0.05, 0.1) is 23.6 Å². The highest BCUT2D eigenvalue weighted by Gasteiger charge is 2.37. The van der Waals surface area contributed by atoms with Crippen LogP contribution >= 0.6 is 0 Å². The standard InChI is InChI=1S/C22H21F3N4O4/c23-22(24,25)21-27-17-3-1-2-4-18(17)29(21)11-13-5-7-14(8-6-13)19(30)26-16-9-10-33-12-15(16)20(31)28-32/h1-8,15-16,32H,9-12H2,(H,26,30)(H,28,31). The van der Waals surface area contributed by atoms with Crippen LogP contribution in [0, 0.1) is 5.92 Å². The number of carbonyl (C=O) groups is 2. The Bertz CT molecular complexity index is 1160. The second-order valence-electron chi connectivity index (χ2n) is 7.73. The molecule has 174 valence electrons. The number of amides is 2. The van der Waals surface area contributed by atoms with Crippen LogP contribution < -0.4 is 10.8 Å². The Kier molecular flexibility index (Phi) is 6.34. The molecule has 8 nitrogen and oxygen atoms in total. The van der Waals surface area contributed by atoms with Crippen molar-refractivity contribution in [1.29, 1.82) is 0 Å². The zero-order valence-electron chi connectivity index (χ0n) is 17.3. The third kappa shape index (κ3) is 4.83. The lowest BCUT2D eigenvalue weighted by atomic mass is 9.94. The number of halogens is 3. The second-order valence-corrected chi connectivity index (χ2v) is 7.73. The summed E-state index contributed by atoms with van der Waals surface area (Å²) >= 11 is 0. The van der Waals surface area contributed by atoms with E-state index in [0.717, 1.165) is 4.57 Å². The van der Waals surface area contributed by atoms with Gasteiger partial charge in [0.15, 0.2) is 0 Å². The number of hydrogen-bond donors (Lipinski definition) is 3.